The van der Waals surface area contributed by atoms with Gasteiger partial charge in [0.05, 0.1) is 0 Å². The molecule has 13 N–H and O–H groups in total. The molecule has 3 aromatic carbocycles. The highest BCUT2D eigenvalue weighted by Crippen LogP contribution is 2.39. The van der Waals surface area contributed by atoms with Crippen LogP contribution in [0.2, 0.25) is 0 Å². The monoisotopic (exact) mass is 1590 g/mol. The van der Waals surface area contributed by atoms with Gasteiger partial charge in [0.15, 0.2) is 53.0 Å². The number of anilines is 4. The van der Waals surface area contributed by atoms with Crippen molar-refractivity contribution in [3.05, 3.63) is 186 Å². The number of nitrogen functional groups attached to an aromatic ring is 3. The fourth-order valence-corrected chi connectivity index (χ4v) is 15.0. The fraction of sp³-hybridized carbons (Fsp3) is 0.437. The first-order chi connectivity index (χ1) is 51.6. The number of nitrogens with zero attached hydrogens (tertiary/aromatic N) is 11. The number of aromatic nitrogens is 7. The molecule has 0 aliphatic carbocycles. The van der Waals surface area contributed by atoms with Gasteiger partial charge in [-0.25, -0.2) is 57.7 Å². The number of hydrogen-bond donors (Lipinski definition) is 9. The van der Waals surface area contributed by atoms with Crippen molar-refractivity contribution in [2.75, 3.05) is 95.1 Å². The van der Waals surface area contributed by atoms with Gasteiger partial charge < -0.3 is 57.9 Å². The molecule has 110 heavy (non-hydrogen) atoms. The molecule has 7 heterocycles. The number of hydrogen-bond acceptors (Lipinski definition) is 24. The third kappa shape index (κ3) is 25.4. The lowest BCUT2D eigenvalue weighted by Gasteiger charge is -2.34. The summed E-state index contributed by atoms with van der Waals surface area (Å²) in [4.78, 5) is 75.2. The minimum Gasteiger partial charge on any atom is -0.594 e. The van der Waals surface area contributed by atoms with E-state index in [1.54, 1.807) is 90.1 Å². The van der Waals surface area contributed by atoms with Gasteiger partial charge in [-0.05, 0) is 145 Å². The maximum absolute atomic E-state index is 14.2. The van der Waals surface area contributed by atoms with Crippen LogP contribution < -0.4 is 62.3 Å². The van der Waals surface area contributed by atoms with Gasteiger partial charge in [0.2, 0.25) is 0 Å². The molecule has 3 saturated heterocycles. The Kier molecular flexibility index (Phi) is 29.9. The van der Waals surface area contributed by atoms with Gasteiger partial charge in [-0.1, -0.05) is 65.5 Å². The first kappa shape index (κ1) is 86.9. The zero-order valence-corrected chi connectivity index (χ0v) is 64.8. The summed E-state index contributed by atoms with van der Waals surface area (Å²) in [5.41, 5.74) is 16.9. The van der Waals surface area contributed by atoms with Crippen molar-refractivity contribution in [1.29, 1.82) is 0 Å². The van der Waals surface area contributed by atoms with Gasteiger partial charge in [0.25, 0.3) is 27.9 Å². The molecule has 3 fully saturated rings. The molecule has 4 amide bonds. The van der Waals surface area contributed by atoms with Gasteiger partial charge in [-0.15, -0.1) is 8.42 Å². The highest BCUT2D eigenvalue weighted by molar-refractivity contribution is 7.87. The zero-order chi connectivity index (χ0) is 80.9. The molecule has 3 aliphatic heterocycles. The molecule has 0 saturated carbocycles. The van der Waals surface area contributed by atoms with Crippen molar-refractivity contribution >= 4 is 83.7 Å². The summed E-state index contributed by atoms with van der Waals surface area (Å²) in [5.74, 6) is -2.45. The Labute approximate surface area is 638 Å². The van der Waals surface area contributed by atoms with Gasteiger partial charge >= 0.3 is 26.5 Å². The summed E-state index contributed by atoms with van der Waals surface area (Å²) in [6, 6.07) is 22.0. The number of nitrogens with one attached hydrogen (secondary N) is 5. The molecule has 10 rings (SSSR count). The number of amides is 4. The zero-order valence-electron chi connectivity index (χ0n) is 62.3. The van der Waals surface area contributed by atoms with Crippen LogP contribution in [0.3, 0.4) is 0 Å². The second-order valence-electron chi connectivity index (χ2n) is 28.4. The lowest BCUT2D eigenvalue weighted by atomic mass is 9.74. The van der Waals surface area contributed by atoms with Crippen molar-refractivity contribution in [2.45, 2.75) is 127 Å². The summed E-state index contributed by atoms with van der Waals surface area (Å²) in [5, 5.41) is 28.6. The van der Waals surface area contributed by atoms with Crippen LogP contribution in [0.5, 0.6) is 0 Å². The summed E-state index contributed by atoms with van der Waals surface area (Å²) in [6.45, 7) is 12.7. The Hall–Kier alpha value is -10.3. The summed E-state index contributed by atoms with van der Waals surface area (Å²) in [7, 11) is -8.48. The van der Waals surface area contributed by atoms with Crippen LogP contribution in [0, 0.1) is 17.5 Å². The number of pyridine rings is 1. The molecular weight excluding hydrogens is 1490 g/mol. The number of carbonyl (C=O) groups excluding carboxylic acids is 4. The molecule has 596 valence electrons. The smallest absolute Gasteiger partial charge is 0.493 e. The molecule has 3 aliphatic rings. The summed E-state index contributed by atoms with van der Waals surface area (Å²) >= 11 is 0. The van der Waals surface area contributed by atoms with E-state index < -0.39 is 88.3 Å². The Morgan fingerprint density at radius 2 is 0.936 bits per heavy atom. The first-order valence-electron chi connectivity index (χ1n) is 34.9. The van der Waals surface area contributed by atoms with Crippen molar-refractivity contribution < 1.29 is 76.2 Å². The Morgan fingerprint density at radius 1 is 0.555 bits per heavy atom. The number of carbonyl (C=O) groups is 4. The van der Waals surface area contributed by atoms with E-state index in [1.807, 2.05) is 29.8 Å². The minimum atomic E-state index is -4.19. The van der Waals surface area contributed by atoms with Crippen LogP contribution >= 0.6 is 0 Å². The standard InChI is InChI=1S/C23H31FN6O5S.C18H23FN6O3S.C18H22FN5O.C12H19N3O4S/c1-22(2,3)35-21(32)29-36(33,34)30-12-5-8-23(9-13-30,16-6-4-7-17(24)14-16)15-28-20(31)18-19(25)27-11-10-26-18;19-14-4-1-3-13(11-14)18(5-2-9-25(10-6-18)29(21,27)28)12-24-17(26)15-16(20)23-8-7-22-15;19-14-4-1-3-13(11-14)18(5-2-7-21-8-6-18)12-24-17(25)15-16(20)23-10-9-22-15;1-12(2,3)19-11(16)13-20(17,18)15-8-6-10(7-9-15)14(4)5/h4,6-7,10-11,14H,5,8-9,12-13,15H2,1-3H3,(H2,25,27)(H,28,31)(H,29,32);1,3-4,7-8,11H,2,5-6,9-10,12H2,(H2,20,23)(H,24,26)(H2,21,27,28);1,3-4,9-11,21H,2,5-8,12H2,(H2,20,23)(H,24,25);6-9H,1-5H3. The highest BCUT2D eigenvalue weighted by atomic mass is 32.2. The van der Waals surface area contributed by atoms with Crippen molar-refractivity contribution in [2.24, 2.45) is 9.54 Å². The van der Waals surface area contributed by atoms with E-state index in [0.29, 0.717) is 49.8 Å². The van der Waals surface area contributed by atoms with Crippen LogP contribution in [0.15, 0.2) is 139 Å². The van der Waals surface area contributed by atoms with Crippen LogP contribution in [-0.4, -0.2) is 178 Å². The average molecular weight is 1590 g/mol. The second kappa shape index (κ2) is 37.9. The van der Waals surface area contributed by atoms with Crippen LogP contribution in [0.1, 0.15) is 147 Å². The van der Waals surface area contributed by atoms with Crippen LogP contribution in [0.4, 0.5) is 41.1 Å². The molecule has 3 unspecified atom stereocenters. The first-order valence-corrected chi connectivity index (χ1v) is 39.2. The number of nitrogens with two attached hydrogens (primary N) is 4. The van der Waals surface area contributed by atoms with E-state index in [0.717, 1.165) is 51.9 Å². The SMILES string of the molecule is CC(C)(C)OC(=O)NS(=O)(=O)N1CCCC(CNC(=O)c2nccnc2N)(c2cccc(F)c2)CC1.CN(C)c1cc[n+](S(=O)(=O)N=C([O-])OC(C)(C)C)cc1.Nc1nccnc1C(=O)NCC1(c2cccc(F)c2)CCCN(S(N)(=O)=O)CC1.Nc1nccnc1C(=O)NCC1(c2cccc(F)c2)CCCNCC1. The lowest BCUT2D eigenvalue weighted by molar-refractivity contribution is -0.511. The second-order valence-corrected chi connectivity index (χ2v) is 33.1. The lowest BCUT2D eigenvalue weighted by Crippen LogP contribution is -2.46. The van der Waals surface area contributed by atoms with E-state index in [4.69, 9.17) is 31.8 Å². The number of ether oxygens (including phenoxy) is 2. The van der Waals surface area contributed by atoms with Crippen molar-refractivity contribution in [1.82, 2.24) is 64.5 Å². The van der Waals surface area contributed by atoms with Gasteiger partial charge in [0.1, 0.15) is 23.1 Å². The van der Waals surface area contributed by atoms with Crippen LogP contribution in [-0.2, 0) is 56.3 Å². The molecule has 7 aromatic rings. The minimum absolute atomic E-state index is 0.00155. The van der Waals surface area contributed by atoms with E-state index >= 15 is 0 Å². The quantitative estimate of drug-likeness (QED) is 0.0333. The molecule has 4 aromatic heterocycles. The molecule has 0 bridgehead atoms. The molecular formula is C71H95F3N20O13S3. The average Bonchev–Trinajstić information content (AvgIpc) is 1.62. The molecule has 33 nitrogen and oxygen atoms in total. The Bertz CT molecular complexity index is 4710. The van der Waals surface area contributed by atoms with Gasteiger partial charge in [-0.2, -0.15) is 25.4 Å². The van der Waals surface area contributed by atoms with E-state index in [2.05, 4.69) is 55.6 Å². The topological polar surface area (TPSA) is 480 Å². The number of benzene rings is 3. The third-order valence-corrected chi connectivity index (χ3v) is 21.7. The normalized spacial score (nSPS) is 18.9. The Balaban J connectivity index is 0.000000208. The predicted molar refractivity (Wildman–Crippen MR) is 403 cm³/mol. The molecule has 0 spiro atoms. The van der Waals surface area contributed by atoms with E-state index in [1.165, 1.54) is 84.2 Å². The molecule has 0 radical (unpaired) electrons. The summed E-state index contributed by atoms with van der Waals surface area (Å²) < 4.78 is 133. The van der Waals surface area contributed by atoms with Crippen LogP contribution in [0.25, 0.3) is 0 Å². The highest BCUT2D eigenvalue weighted by Gasteiger charge is 2.41. The molecule has 39 heteroatoms. The van der Waals surface area contributed by atoms with Crippen molar-refractivity contribution in [3.63, 3.8) is 0 Å². The van der Waals surface area contributed by atoms with Crippen molar-refractivity contribution in [3.8, 4) is 0 Å². The van der Waals surface area contributed by atoms with Gasteiger partial charge in [-0.3, -0.25) is 14.4 Å². The summed E-state index contributed by atoms with van der Waals surface area (Å²) in [6.07, 6.45) is 13.9. The molecule has 3 atom stereocenters. The van der Waals surface area contributed by atoms with E-state index in [-0.39, 0.29) is 97.4 Å². The van der Waals surface area contributed by atoms with E-state index in [9.17, 15) is 62.7 Å². The fourth-order valence-electron chi connectivity index (χ4n) is 12.4. The maximum Gasteiger partial charge on any atom is 0.493 e. The third-order valence-electron chi connectivity index (χ3n) is 18.0. The maximum atomic E-state index is 14.2. The Morgan fingerprint density at radius 3 is 1.32 bits per heavy atom. The number of rotatable bonds is 18. The largest absolute Gasteiger partial charge is 0.594 e. The predicted octanol–water partition coefficient (Wildman–Crippen LogP) is 3.98. The van der Waals surface area contributed by atoms with Gasteiger partial charge in [0, 0.05) is 137 Å². The number of halogens is 3.